The average Bonchev–Trinajstić information content (AvgIpc) is 2.16. The number of ether oxygens (including phenoxy) is 1. The molecule has 0 radical (unpaired) electrons. The van der Waals surface area contributed by atoms with Crippen molar-refractivity contribution < 1.29 is 9.53 Å². The molecule has 0 saturated heterocycles. The van der Waals surface area contributed by atoms with Crippen LogP contribution in [0.2, 0.25) is 0 Å². The zero-order chi connectivity index (χ0) is 8.81. The van der Waals surface area contributed by atoms with Crippen LogP contribution in [-0.4, -0.2) is 12.5 Å². The second-order valence-corrected chi connectivity index (χ2v) is 2.44. The molecule has 1 aliphatic heterocycles. The van der Waals surface area contributed by atoms with Gasteiger partial charge in [-0.25, -0.2) is 5.84 Å². The lowest BCUT2D eigenvalue weighted by Gasteiger charge is -2.10. The van der Waals surface area contributed by atoms with E-state index in [1.165, 1.54) is 0 Å². The van der Waals surface area contributed by atoms with Gasteiger partial charge in [0.25, 0.3) is 0 Å². The highest BCUT2D eigenvalue weighted by atomic mass is 16.5. The molecule has 0 bridgehead atoms. The van der Waals surface area contributed by atoms with Crippen LogP contribution >= 0.6 is 0 Å². The lowest BCUT2D eigenvalue weighted by molar-refractivity contribution is -0.121. The number of hydrogen-bond acceptors (Lipinski definition) is 3. The van der Waals surface area contributed by atoms with Gasteiger partial charge < -0.3 is 4.74 Å². The molecule has 0 aromatic rings. The van der Waals surface area contributed by atoms with Gasteiger partial charge in [0.1, 0.15) is 6.61 Å². The Kier molecular flexibility index (Phi) is 3.35. The number of hydrogen-bond donors (Lipinski definition) is 2. The van der Waals surface area contributed by atoms with Gasteiger partial charge in [0.15, 0.2) is 0 Å². The quantitative estimate of drug-likeness (QED) is 0.360. The summed E-state index contributed by atoms with van der Waals surface area (Å²) in [4.78, 5) is 10.7. The molecule has 66 valence electrons. The first-order valence-electron chi connectivity index (χ1n) is 3.81. The highest BCUT2D eigenvalue weighted by Gasteiger charge is 2.03. The molecule has 1 amide bonds. The number of nitrogens with two attached hydrogens (primary N) is 1. The zero-order valence-electron chi connectivity index (χ0n) is 6.75. The van der Waals surface area contributed by atoms with E-state index < -0.39 is 0 Å². The van der Waals surface area contributed by atoms with Crippen molar-refractivity contribution >= 4 is 5.91 Å². The Bertz CT molecular complexity index is 221. The summed E-state index contributed by atoms with van der Waals surface area (Å²) >= 11 is 0. The summed E-state index contributed by atoms with van der Waals surface area (Å²) in [6.45, 7) is 0.593. The van der Waals surface area contributed by atoms with Crippen molar-refractivity contribution in [2.45, 2.75) is 12.8 Å². The number of rotatable bonds is 3. The third kappa shape index (κ3) is 2.75. The topological polar surface area (TPSA) is 64.3 Å². The van der Waals surface area contributed by atoms with Crippen LogP contribution in [0.1, 0.15) is 12.8 Å². The molecule has 0 unspecified atom stereocenters. The molecule has 4 heteroatoms. The highest BCUT2D eigenvalue weighted by molar-refractivity contribution is 5.75. The van der Waals surface area contributed by atoms with E-state index in [0.717, 1.165) is 5.76 Å². The predicted molar refractivity (Wildman–Crippen MR) is 44.7 cm³/mol. The molecular formula is C8H12N2O2. The number of hydrazine groups is 1. The van der Waals surface area contributed by atoms with Gasteiger partial charge in [-0.2, -0.15) is 0 Å². The summed E-state index contributed by atoms with van der Waals surface area (Å²) < 4.78 is 5.23. The molecule has 0 spiro atoms. The van der Waals surface area contributed by atoms with Crippen LogP contribution in [0.3, 0.4) is 0 Å². The predicted octanol–water partition coefficient (Wildman–Crippen LogP) is 0.227. The van der Waals surface area contributed by atoms with E-state index in [-0.39, 0.29) is 5.91 Å². The van der Waals surface area contributed by atoms with E-state index in [1.807, 2.05) is 18.2 Å². The lowest BCUT2D eigenvalue weighted by Crippen LogP contribution is -2.29. The third-order valence-corrected chi connectivity index (χ3v) is 1.54. The lowest BCUT2D eigenvalue weighted by atomic mass is 10.2. The summed E-state index contributed by atoms with van der Waals surface area (Å²) in [5, 5.41) is 0. The summed E-state index contributed by atoms with van der Waals surface area (Å²) in [7, 11) is 0. The van der Waals surface area contributed by atoms with Gasteiger partial charge in [0.05, 0.1) is 5.76 Å². The maximum atomic E-state index is 10.7. The van der Waals surface area contributed by atoms with Crippen molar-refractivity contribution in [1.29, 1.82) is 0 Å². The Morgan fingerprint density at radius 1 is 1.75 bits per heavy atom. The fraction of sp³-hybridized carbons (Fsp3) is 0.375. The Labute approximate surface area is 71.0 Å². The number of allylic oxidation sites excluding steroid dienone is 3. The number of amides is 1. The van der Waals surface area contributed by atoms with Crippen molar-refractivity contribution in [3.63, 3.8) is 0 Å². The van der Waals surface area contributed by atoms with Gasteiger partial charge in [-0.1, -0.05) is 6.08 Å². The van der Waals surface area contributed by atoms with E-state index in [9.17, 15) is 4.79 Å². The summed E-state index contributed by atoms with van der Waals surface area (Å²) in [5.41, 5.74) is 2.06. The molecule has 0 aromatic carbocycles. The van der Waals surface area contributed by atoms with Gasteiger partial charge in [-0.3, -0.25) is 10.2 Å². The second kappa shape index (κ2) is 4.56. The summed E-state index contributed by atoms with van der Waals surface area (Å²) in [5.74, 6) is 5.58. The highest BCUT2D eigenvalue weighted by Crippen LogP contribution is 2.10. The molecule has 0 aliphatic carbocycles. The van der Waals surface area contributed by atoms with E-state index in [2.05, 4.69) is 5.43 Å². The van der Waals surface area contributed by atoms with E-state index in [0.29, 0.717) is 19.4 Å². The van der Waals surface area contributed by atoms with E-state index in [1.54, 1.807) is 0 Å². The first-order valence-corrected chi connectivity index (χ1v) is 3.81. The minimum Gasteiger partial charge on any atom is -0.494 e. The molecule has 3 N–H and O–H groups in total. The van der Waals surface area contributed by atoms with Gasteiger partial charge >= 0.3 is 0 Å². The molecule has 0 fully saturated rings. The first-order chi connectivity index (χ1) is 5.83. The summed E-state index contributed by atoms with van der Waals surface area (Å²) in [6.07, 6.45) is 6.66. The minimum atomic E-state index is -0.172. The standard InChI is InChI=1S/C8H12N2O2/c9-10-8(11)5-4-7-3-1-2-6-12-7/h1-3H,4-6,9H2,(H,10,11). The molecule has 1 rings (SSSR count). The fourth-order valence-corrected chi connectivity index (χ4v) is 0.899. The van der Waals surface area contributed by atoms with Crippen LogP contribution in [0.5, 0.6) is 0 Å². The van der Waals surface area contributed by atoms with Crippen LogP contribution in [0.15, 0.2) is 24.0 Å². The monoisotopic (exact) mass is 168 g/mol. The van der Waals surface area contributed by atoms with Crippen molar-refractivity contribution in [3.8, 4) is 0 Å². The molecule has 12 heavy (non-hydrogen) atoms. The van der Waals surface area contributed by atoms with Crippen LogP contribution < -0.4 is 11.3 Å². The molecule has 0 atom stereocenters. The molecular weight excluding hydrogens is 156 g/mol. The van der Waals surface area contributed by atoms with Gasteiger partial charge in [-0.15, -0.1) is 0 Å². The maximum absolute atomic E-state index is 10.7. The maximum Gasteiger partial charge on any atom is 0.234 e. The van der Waals surface area contributed by atoms with E-state index >= 15 is 0 Å². The van der Waals surface area contributed by atoms with Crippen molar-refractivity contribution in [1.82, 2.24) is 5.43 Å². The second-order valence-electron chi connectivity index (χ2n) is 2.44. The smallest absolute Gasteiger partial charge is 0.234 e. The number of carbonyl (C=O) groups is 1. The Hall–Kier alpha value is -1.29. The minimum absolute atomic E-state index is 0.172. The van der Waals surface area contributed by atoms with Crippen molar-refractivity contribution in [3.05, 3.63) is 24.0 Å². The van der Waals surface area contributed by atoms with E-state index in [4.69, 9.17) is 10.6 Å². The van der Waals surface area contributed by atoms with Crippen LogP contribution in [-0.2, 0) is 9.53 Å². The molecule has 1 aliphatic rings. The largest absolute Gasteiger partial charge is 0.494 e. The van der Waals surface area contributed by atoms with Crippen LogP contribution in [0.4, 0.5) is 0 Å². The Morgan fingerprint density at radius 2 is 2.58 bits per heavy atom. The first kappa shape index (κ1) is 8.80. The Morgan fingerprint density at radius 3 is 3.17 bits per heavy atom. The van der Waals surface area contributed by atoms with Gasteiger partial charge in [0, 0.05) is 12.8 Å². The molecule has 4 nitrogen and oxygen atoms in total. The average molecular weight is 168 g/mol. The molecule has 0 aromatic heterocycles. The van der Waals surface area contributed by atoms with Crippen LogP contribution in [0.25, 0.3) is 0 Å². The Balaban J connectivity index is 2.27. The van der Waals surface area contributed by atoms with Crippen molar-refractivity contribution in [2.75, 3.05) is 6.61 Å². The van der Waals surface area contributed by atoms with Crippen molar-refractivity contribution in [2.24, 2.45) is 5.84 Å². The number of carbonyl (C=O) groups excluding carboxylic acids is 1. The van der Waals surface area contributed by atoms with Gasteiger partial charge in [0.2, 0.25) is 5.91 Å². The summed E-state index contributed by atoms with van der Waals surface area (Å²) in [6, 6.07) is 0. The fourth-order valence-electron chi connectivity index (χ4n) is 0.899. The SMILES string of the molecule is NNC(=O)CCC1=CC=CCO1. The zero-order valence-corrected chi connectivity index (χ0v) is 6.75. The normalized spacial score (nSPS) is 14.9. The molecule has 1 heterocycles. The number of nitrogens with one attached hydrogen (secondary N) is 1. The third-order valence-electron chi connectivity index (χ3n) is 1.54. The van der Waals surface area contributed by atoms with Gasteiger partial charge in [-0.05, 0) is 12.2 Å². The molecule has 0 saturated carbocycles. The van der Waals surface area contributed by atoms with Crippen LogP contribution in [0, 0.1) is 0 Å².